The van der Waals surface area contributed by atoms with Crippen LogP contribution in [0.1, 0.15) is 33.3 Å². The Morgan fingerprint density at radius 3 is 2.30 bits per heavy atom. The van der Waals surface area contributed by atoms with Gasteiger partial charge in [-0.1, -0.05) is 12.1 Å². The van der Waals surface area contributed by atoms with Gasteiger partial charge in [-0.25, -0.2) is 18.4 Å². The molecule has 0 saturated heterocycles. The van der Waals surface area contributed by atoms with Gasteiger partial charge in [0.1, 0.15) is 5.60 Å². The van der Waals surface area contributed by atoms with E-state index in [9.17, 15) is 13.2 Å². The van der Waals surface area contributed by atoms with Crippen molar-refractivity contribution in [2.75, 3.05) is 6.54 Å². The molecule has 0 heterocycles. The lowest BCUT2D eigenvalue weighted by molar-refractivity contribution is 0.0523. The first-order valence-corrected chi connectivity index (χ1v) is 8.84. The predicted octanol–water partition coefficient (Wildman–Crippen LogP) is 1.34. The molecule has 1 amide bonds. The molecule has 0 aromatic heterocycles. The number of carbonyl (C=O) groups is 1. The number of alkyl carbamates (subject to hydrolysis) is 1. The number of sulfonamides is 1. The number of benzene rings is 1. The number of ether oxygens (including phenoxy) is 1. The second-order valence-electron chi connectivity index (χ2n) is 6.35. The first-order valence-electron chi connectivity index (χ1n) is 7.29. The predicted molar refractivity (Wildman–Crippen MR) is 88.4 cm³/mol. The zero-order valence-electron chi connectivity index (χ0n) is 13.9. The van der Waals surface area contributed by atoms with Crippen LogP contribution >= 0.6 is 0 Å². The number of hydrogen-bond donors (Lipinski definition) is 3. The van der Waals surface area contributed by atoms with Crippen LogP contribution in [0.3, 0.4) is 0 Å². The molecule has 23 heavy (non-hydrogen) atoms. The summed E-state index contributed by atoms with van der Waals surface area (Å²) in [5.74, 6) is 0. The smallest absolute Gasteiger partial charge is 0.407 e. The summed E-state index contributed by atoms with van der Waals surface area (Å²) in [5, 5.41) is 11.0. The number of carbonyl (C=O) groups excluding carboxylic acids is 1. The Bertz CT molecular complexity index is 621. The molecule has 8 heteroatoms. The Kier molecular flexibility index (Phi) is 6.55. The summed E-state index contributed by atoms with van der Waals surface area (Å²) in [7, 11) is -3.67. The average Bonchev–Trinajstić information content (AvgIpc) is 2.40. The lowest BCUT2D eigenvalue weighted by atomic mass is 10.2. The quantitative estimate of drug-likeness (QED) is 0.722. The zero-order chi connectivity index (χ0) is 17.7. The van der Waals surface area contributed by atoms with Crippen molar-refractivity contribution in [3.05, 3.63) is 29.8 Å². The van der Waals surface area contributed by atoms with E-state index in [2.05, 4.69) is 10.6 Å². The van der Waals surface area contributed by atoms with Gasteiger partial charge in [-0.2, -0.15) is 0 Å². The Hall–Kier alpha value is -1.64. The Morgan fingerprint density at radius 2 is 1.83 bits per heavy atom. The molecule has 0 radical (unpaired) electrons. The lowest BCUT2D eigenvalue weighted by Gasteiger charge is -2.21. The number of primary sulfonamides is 1. The molecule has 0 aliphatic carbocycles. The van der Waals surface area contributed by atoms with E-state index < -0.39 is 21.7 Å². The summed E-state index contributed by atoms with van der Waals surface area (Å²) < 4.78 is 27.5. The topological polar surface area (TPSA) is 111 Å². The third-order valence-electron chi connectivity index (χ3n) is 2.86. The van der Waals surface area contributed by atoms with Crippen molar-refractivity contribution in [3.8, 4) is 0 Å². The molecular weight excluding hydrogens is 318 g/mol. The minimum absolute atomic E-state index is 0.0282. The van der Waals surface area contributed by atoms with E-state index in [0.717, 1.165) is 5.56 Å². The van der Waals surface area contributed by atoms with Crippen LogP contribution in [-0.2, 0) is 21.3 Å². The van der Waals surface area contributed by atoms with Gasteiger partial charge >= 0.3 is 6.09 Å². The van der Waals surface area contributed by atoms with Gasteiger partial charge in [0.15, 0.2) is 0 Å². The van der Waals surface area contributed by atoms with Crippen molar-refractivity contribution in [1.82, 2.24) is 10.6 Å². The molecule has 0 bridgehead atoms. The Morgan fingerprint density at radius 1 is 1.26 bits per heavy atom. The molecule has 4 N–H and O–H groups in total. The fraction of sp³-hybridized carbons (Fsp3) is 0.533. The monoisotopic (exact) mass is 343 g/mol. The van der Waals surface area contributed by atoms with Gasteiger partial charge in [0, 0.05) is 19.1 Å². The molecule has 0 aliphatic rings. The normalized spacial score (nSPS) is 13.4. The number of nitrogens with two attached hydrogens (primary N) is 1. The molecule has 1 atom stereocenters. The van der Waals surface area contributed by atoms with E-state index in [-0.39, 0.29) is 10.9 Å². The van der Waals surface area contributed by atoms with E-state index in [1.54, 1.807) is 32.9 Å². The first-order chi connectivity index (χ1) is 10.5. The molecule has 0 spiro atoms. The molecule has 1 rings (SSSR count). The minimum Gasteiger partial charge on any atom is -0.444 e. The molecule has 1 aromatic rings. The van der Waals surface area contributed by atoms with Crippen LogP contribution in [-0.4, -0.2) is 32.7 Å². The summed E-state index contributed by atoms with van der Waals surface area (Å²) in [6.45, 7) is 8.31. The number of nitrogens with one attached hydrogen (secondary N) is 2. The number of rotatable bonds is 6. The van der Waals surface area contributed by atoms with Crippen molar-refractivity contribution in [1.29, 1.82) is 0 Å². The fourth-order valence-electron chi connectivity index (χ4n) is 1.71. The summed E-state index contributed by atoms with van der Waals surface area (Å²) >= 11 is 0. The molecule has 0 saturated carbocycles. The van der Waals surface area contributed by atoms with Gasteiger partial charge in [-0.05, 0) is 45.4 Å². The molecule has 7 nitrogen and oxygen atoms in total. The molecule has 1 unspecified atom stereocenters. The SMILES string of the molecule is CC(CNC(=O)OC(C)(C)C)NCc1ccc(S(N)(=O)=O)cc1. The number of amides is 1. The van der Waals surface area contributed by atoms with Crippen LogP contribution in [0.15, 0.2) is 29.2 Å². The highest BCUT2D eigenvalue weighted by molar-refractivity contribution is 7.89. The van der Waals surface area contributed by atoms with Crippen molar-refractivity contribution in [2.45, 2.75) is 50.8 Å². The van der Waals surface area contributed by atoms with E-state index in [1.807, 2.05) is 6.92 Å². The third kappa shape index (κ3) is 7.96. The zero-order valence-corrected chi connectivity index (χ0v) is 14.7. The fourth-order valence-corrected chi connectivity index (χ4v) is 2.23. The largest absolute Gasteiger partial charge is 0.444 e. The highest BCUT2D eigenvalue weighted by Crippen LogP contribution is 2.09. The summed E-state index contributed by atoms with van der Waals surface area (Å²) in [5.41, 5.74) is 0.396. The second-order valence-corrected chi connectivity index (χ2v) is 7.92. The maximum atomic E-state index is 11.5. The van der Waals surface area contributed by atoms with Crippen molar-refractivity contribution >= 4 is 16.1 Å². The highest BCUT2D eigenvalue weighted by atomic mass is 32.2. The molecule has 130 valence electrons. The van der Waals surface area contributed by atoms with Crippen molar-refractivity contribution < 1.29 is 17.9 Å². The summed E-state index contributed by atoms with van der Waals surface area (Å²) in [6.07, 6.45) is -0.455. The van der Waals surface area contributed by atoms with Gasteiger partial charge in [0.25, 0.3) is 0 Å². The second kappa shape index (κ2) is 7.76. The van der Waals surface area contributed by atoms with Gasteiger partial charge < -0.3 is 15.4 Å². The highest BCUT2D eigenvalue weighted by Gasteiger charge is 2.16. The van der Waals surface area contributed by atoms with E-state index in [0.29, 0.717) is 13.1 Å². The average molecular weight is 343 g/mol. The maximum absolute atomic E-state index is 11.5. The lowest BCUT2D eigenvalue weighted by Crippen LogP contribution is -2.41. The molecule has 0 fully saturated rings. The van der Waals surface area contributed by atoms with Crippen LogP contribution in [0.25, 0.3) is 0 Å². The third-order valence-corrected chi connectivity index (χ3v) is 3.79. The molecular formula is C15H25N3O4S. The van der Waals surface area contributed by atoms with E-state index >= 15 is 0 Å². The first kappa shape index (κ1) is 19.4. The van der Waals surface area contributed by atoms with Gasteiger partial charge in [-0.15, -0.1) is 0 Å². The van der Waals surface area contributed by atoms with Crippen LogP contribution in [0, 0.1) is 0 Å². The summed E-state index contributed by atoms with van der Waals surface area (Å²) in [6, 6.07) is 6.36. The van der Waals surface area contributed by atoms with Crippen LogP contribution in [0.2, 0.25) is 0 Å². The van der Waals surface area contributed by atoms with E-state index in [4.69, 9.17) is 9.88 Å². The van der Waals surface area contributed by atoms with Crippen molar-refractivity contribution in [3.63, 3.8) is 0 Å². The summed E-state index contributed by atoms with van der Waals surface area (Å²) in [4.78, 5) is 11.6. The van der Waals surface area contributed by atoms with Gasteiger partial charge in [0.05, 0.1) is 4.90 Å². The standard InChI is InChI=1S/C15H25N3O4S/c1-11(9-18-14(19)22-15(2,3)4)17-10-12-5-7-13(8-6-12)23(16,20)21/h5-8,11,17H,9-10H2,1-4H3,(H,18,19)(H2,16,20,21). The maximum Gasteiger partial charge on any atom is 0.407 e. The Balaban J connectivity index is 2.39. The molecule has 0 aliphatic heterocycles. The van der Waals surface area contributed by atoms with Crippen LogP contribution in [0.4, 0.5) is 4.79 Å². The van der Waals surface area contributed by atoms with E-state index in [1.165, 1.54) is 12.1 Å². The Labute approximate surface area is 137 Å². The van der Waals surface area contributed by atoms with Gasteiger partial charge in [0.2, 0.25) is 10.0 Å². The minimum atomic E-state index is -3.67. The number of hydrogen-bond acceptors (Lipinski definition) is 5. The van der Waals surface area contributed by atoms with Gasteiger partial charge in [-0.3, -0.25) is 0 Å². The van der Waals surface area contributed by atoms with Crippen LogP contribution in [0.5, 0.6) is 0 Å². The molecule has 1 aromatic carbocycles. The van der Waals surface area contributed by atoms with Crippen molar-refractivity contribution in [2.24, 2.45) is 5.14 Å². The van der Waals surface area contributed by atoms with Crippen LogP contribution < -0.4 is 15.8 Å².